The van der Waals surface area contributed by atoms with E-state index >= 15 is 0 Å². The summed E-state index contributed by atoms with van der Waals surface area (Å²) in [7, 11) is 0. The van der Waals surface area contributed by atoms with Crippen molar-refractivity contribution in [3.05, 3.63) is 23.9 Å². The van der Waals surface area contributed by atoms with Gasteiger partial charge >= 0.3 is 6.03 Å². The fourth-order valence-corrected chi connectivity index (χ4v) is 2.40. The first kappa shape index (κ1) is 13.8. The Morgan fingerprint density at radius 3 is 2.84 bits per heavy atom. The van der Waals surface area contributed by atoms with Gasteiger partial charge in [0.15, 0.2) is 0 Å². The summed E-state index contributed by atoms with van der Waals surface area (Å²) in [5.74, 6) is 0.552. The van der Waals surface area contributed by atoms with Gasteiger partial charge in [-0.15, -0.1) is 0 Å². The molecule has 2 amide bonds. The first-order chi connectivity index (χ1) is 9.09. The van der Waals surface area contributed by atoms with Crippen LogP contribution in [-0.4, -0.2) is 28.3 Å². The second-order valence-corrected chi connectivity index (χ2v) is 5.26. The van der Waals surface area contributed by atoms with Crippen molar-refractivity contribution in [1.29, 1.82) is 0 Å². The van der Waals surface area contributed by atoms with Gasteiger partial charge in [-0.3, -0.25) is 5.32 Å². The Morgan fingerprint density at radius 1 is 1.42 bits per heavy atom. The number of aryl methyl sites for hydroxylation is 1. The summed E-state index contributed by atoms with van der Waals surface area (Å²) in [6, 6.07) is 3.39. The fraction of sp³-hybridized carbons (Fsp3) is 0.571. The minimum Gasteiger partial charge on any atom is -0.388 e. The Labute approximate surface area is 113 Å². The molecule has 0 saturated heterocycles. The van der Waals surface area contributed by atoms with Crippen LogP contribution in [0.25, 0.3) is 0 Å². The predicted octanol–water partition coefficient (Wildman–Crippen LogP) is 2.21. The quantitative estimate of drug-likeness (QED) is 0.782. The number of hydrogen-bond donors (Lipinski definition) is 3. The number of nitrogens with zero attached hydrogens (tertiary/aromatic N) is 1. The molecule has 1 saturated carbocycles. The molecule has 5 heteroatoms. The molecule has 0 bridgehead atoms. The van der Waals surface area contributed by atoms with Crippen molar-refractivity contribution in [1.82, 2.24) is 10.3 Å². The molecule has 1 aromatic rings. The zero-order valence-electron chi connectivity index (χ0n) is 11.3. The Balaban J connectivity index is 1.83. The van der Waals surface area contributed by atoms with Crippen molar-refractivity contribution in [2.45, 2.75) is 44.6 Å². The van der Waals surface area contributed by atoms with Gasteiger partial charge in [0.05, 0.1) is 5.60 Å². The number of urea groups is 1. The zero-order chi connectivity index (χ0) is 13.7. The van der Waals surface area contributed by atoms with Gasteiger partial charge in [0, 0.05) is 12.7 Å². The highest BCUT2D eigenvalue weighted by atomic mass is 16.3. The van der Waals surface area contributed by atoms with Gasteiger partial charge in [0.2, 0.25) is 0 Å². The zero-order valence-corrected chi connectivity index (χ0v) is 11.3. The van der Waals surface area contributed by atoms with Gasteiger partial charge in [-0.05, 0) is 31.4 Å². The summed E-state index contributed by atoms with van der Waals surface area (Å²) in [5, 5.41) is 15.7. The van der Waals surface area contributed by atoms with Crippen molar-refractivity contribution < 1.29 is 9.90 Å². The van der Waals surface area contributed by atoms with E-state index in [-0.39, 0.29) is 6.03 Å². The number of anilines is 1. The van der Waals surface area contributed by atoms with Crippen LogP contribution >= 0.6 is 0 Å². The highest BCUT2D eigenvalue weighted by molar-refractivity contribution is 5.88. The van der Waals surface area contributed by atoms with Gasteiger partial charge in [0.25, 0.3) is 0 Å². The lowest BCUT2D eigenvalue weighted by atomic mass is 9.85. The lowest BCUT2D eigenvalue weighted by Crippen LogP contribution is -2.45. The number of nitrogens with one attached hydrogen (secondary N) is 2. The molecule has 1 aromatic heterocycles. The highest BCUT2D eigenvalue weighted by Crippen LogP contribution is 2.27. The van der Waals surface area contributed by atoms with Crippen LogP contribution in [0, 0.1) is 6.92 Å². The SMILES string of the molecule is Cc1cccnc1NC(=O)NCC1(O)CCCCC1. The normalized spacial score (nSPS) is 17.8. The van der Waals surface area contributed by atoms with Crippen LogP contribution in [0.3, 0.4) is 0 Å². The van der Waals surface area contributed by atoms with Gasteiger partial charge in [-0.1, -0.05) is 25.3 Å². The summed E-state index contributed by atoms with van der Waals surface area (Å²) in [6.07, 6.45) is 6.38. The molecule has 1 heterocycles. The maximum Gasteiger partial charge on any atom is 0.320 e. The van der Waals surface area contributed by atoms with E-state index in [1.54, 1.807) is 6.20 Å². The average molecular weight is 263 g/mol. The number of pyridine rings is 1. The molecule has 1 aliphatic rings. The minimum absolute atomic E-state index is 0.296. The van der Waals surface area contributed by atoms with E-state index in [1.165, 1.54) is 6.42 Å². The first-order valence-electron chi connectivity index (χ1n) is 6.78. The van der Waals surface area contributed by atoms with Crippen molar-refractivity contribution in [3.8, 4) is 0 Å². The lowest BCUT2D eigenvalue weighted by molar-refractivity contribution is 0.00755. The molecule has 0 atom stereocenters. The topological polar surface area (TPSA) is 74.2 Å². The molecule has 1 fully saturated rings. The van der Waals surface area contributed by atoms with Gasteiger partial charge in [-0.25, -0.2) is 9.78 Å². The van der Waals surface area contributed by atoms with E-state index in [2.05, 4.69) is 15.6 Å². The van der Waals surface area contributed by atoms with Crippen molar-refractivity contribution in [2.75, 3.05) is 11.9 Å². The highest BCUT2D eigenvalue weighted by Gasteiger charge is 2.29. The van der Waals surface area contributed by atoms with E-state index in [0.29, 0.717) is 12.4 Å². The number of hydrogen-bond acceptors (Lipinski definition) is 3. The van der Waals surface area contributed by atoms with Crippen LogP contribution in [0.4, 0.5) is 10.6 Å². The summed E-state index contributed by atoms with van der Waals surface area (Å²) in [5.41, 5.74) is 0.170. The molecule has 1 aliphatic carbocycles. The maximum absolute atomic E-state index is 11.8. The molecule has 3 N–H and O–H groups in total. The summed E-state index contributed by atoms with van der Waals surface area (Å²) in [4.78, 5) is 15.9. The molecule has 2 rings (SSSR count). The third-order valence-electron chi connectivity index (χ3n) is 3.60. The van der Waals surface area contributed by atoms with Gasteiger partial charge < -0.3 is 10.4 Å². The van der Waals surface area contributed by atoms with Crippen LogP contribution in [-0.2, 0) is 0 Å². The monoisotopic (exact) mass is 263 g/mol. The number of carbonyl (C=O) groups is 1. The molecule has 19 heavy (non-hydrogen) atoms. The molecular weight excluding hydrogens is 242 g/mol. The predicted molar refractivity (Wildman–Crippen MR) is 74.0 cm³/mol. The van der Waals surface area contributed by atoms with Crippen LogP contribution in [0.1, 0.15) is 37.7 Å². The summed E-state index contributed by atoms with van der Waals surface area (Å²) in [6.45, 7) is 2.18. The van der Waals surface area contributed by atoms with E-state index in [9.17, 15) is 9.90 Å². The maximum atomic E-state index is 11.8. The Morgan fingerprint density at radius 2 is 2.16 bits per heavy atom. The summed E-state index contributed by atoms with van der Waals surface area (Å²) >= 11 is 0. The lowest BCUT2D eigenvalue weighted by Gasteiger charge is -2.32. The molecule has 0 aromatic carbocycles. The summed E-state index contributed by atoms with van der Waals surface area (Å²) < 4.78 is 0. The second-order valence-electron chi connectivity index (χ2n) is 5.26. The van der Waals surface area contributed by atoms with Gasteiger partial charge in [0.1, 0.15) is 5.82 Å². The fourth-order valence-electron chi connectivity index (χ4n) is 2.40. The average Bonchev–Trinajstić information content (AvgIpc) is 2.40. The van der Waals surface area contributed by atoms with Crippen LogP contribution in [0.15, 0.2) is 18.3 Å². The van der Waals surface area contributed by atoms with E-state index in [1.807, 2.05) is 19.1 Å². The molecule has 104 valence electrons. The molecule has 0 spiro atoms. The van der Waals surface area contributed by atoms with Crippen LogP contribution in [0.2, 0.25) is 0 Å². The van der Waals surface area contributed by atoms with Crippen molar-refractivity contribution in [2.24, 2.45) is 0 Å². The second kappa shape index (κ2) is 6.02. The van der Waals surface area contributed by atoms with Crippen LogP contribution in [0.5, 0.6) is 0 Å². The molecule has 0 unspecified atom stereocenters. The third kappa shape index (κ3) is 3.92. The molecule has 5 nitrogen and oxygen atoms in total. The van der Waals surface area contributed by atoms with Crippen LogP contribution < -0.4 is 10.6 Å². The number of rotatable bonds is 3. The van der Waals surface area contributed by atoms with Crippen molar-refractivity contribution in [3.63, 3.8) is 0 Å². The smallest absolute Gasteiger partial charge is 0.320 e. The first-order valence-corrected chi connectivity index (χ1v) is 6.78. The van der Waals surface area contributed by atoms with E-state index < -0.39 is 5.60 Å². The minimum atomic E-state index is -0.741. The number of carbonyl (C=O) groups excluding carboxylic acids is 1. The standard InChI is InChI=1S/C14H21N3O2/c1-11-6-5-9-15-12(11)17-13(18)16-10-14(19)7-3-2-4-8-14/h5-6,9,19H,2-4,7-8,10H2,1H3,(H2,15,16,17,18). The van der Waals surface area contributed by atoms with E-state index in [0.717, 1.165) is 31.2 Å². The Bertz CT molecular complexity index is 442. The third-order valence-corrected chi connectivity index (χ3v) is 3.60. The Kier molecular flexibility index (Phi) is 4.37. The number of aromatic nitrogens is 1. The molecule has 0 radical (unpaired) electrons. The van der Waals surface area contributed by atoms with Gasteiger partial charge in [-0.2, -0.15) is 0 Å². The van der Waals surface area contributed by atoms with E-state index in [4.69, 9.17) is 0 Å². The number of aliphatic hydroxyl groups is 1. The molecule has 0 aliphatic heterocycles. The largest absolute Gasteiger partial charge is 0.388 e. The molecular formula is C14H21N3O2. The Hall–Kier alpha value is -1.62. The van der Waals surface area contributed by atoms with Crippen molar-refractivity contribution >= 4 is 11.8 Å². The number of amides is 2.